The van der Waals surface area contributed by atoms with E-state index in [1.54, 1.807) is 0 Å². The fraction of sp³-hybridized carbons (Fsp3) is 0.471. The number of fused-ring (bicyclic) bond motifs is 2. The highest BCUT2D eigenvalue weighted by Crippen LogP contribution is 2.56. The molecule has 0 saturated heterocycles. The van der Waals surface area contributed by atoms with Crippen molar-refractivity contribution in [1.29, 1.82) is 0 Å². The molecule has 0 heterocycles. The maximum atomic E-state index is 9.39. The first kappa shape index (κ1) is 59.6. The van der Waals surface area contributed by atoms with E-state index in [9.17, 15) is 9.13 Å². The number of hydrogen-bond acceptors (Lipinski definition) is 3. The van der Waals surface area contributed by atoms with E-state index in [0.717, 1.165) is 0 Å². The second-order valence-electron chi connectivity index (χ2n) is 29.4. The van der Waals surface area contributed by atoms with Gasteiger partial charge in [-0.15, -0.1) is 9.79 Å². The van der Waals surface area contributed by atoms with E-state index in [4.69, 9.17) is 9.79 Å². The Bertz CT molecular complexity index is 3190. The van der Waals surface area contributed by atoms with Gasteiger partial charge in [-0.25, -0.2) is 0 Å². The summed E-state index contributed by atoms with van der Waals surface area (Å²) < 4.78 is 22.2. The molecule has 2 atom stereocenters. The zero-order valence-corrected chi connectivity index (χ0v) is 52.0. The summed E-state index contributed by atoms with van der Waals surface area (Å²) >= 11 is 0. The van der Waals surface area contributed by atoms with Crippen LogP contribution in [0.4, 0.5) is 0 Å². The van der Waals surface area contributed by atoms with Crippen LogP contribution in [0.2, 0.25) is 0 Å². The zero-order valence-electron chi connectivity index (χ0n) is 50.3. The van der Waals surface area contributed by atoms with Gasteiger partial charge in [-0.1, -0.05) is 263 Å². The van der Waals surface area contributed by atoms with Gasteiger partial charge in [-0.2, -0.15) is 0 Å². The summed E-state index contributed by atoms with van der Waals surface area (Å²) in [7, 11) is -5.85. The molecule has 2 N–H and O–H groups in total. The molecule has 75 heavy (non-hydrogen) atoms. The lowest BCUT2D eigenvalue weighted by molar-refractivity contribution is 0.371. The van der Waals surface area contributed by atoms with Crippen molar-refractivity contribution in [3.63, 3.8) is 0 Å². The second-order valence-corrected chi connectivity index (χ2v) is 31.0. The third-order valence-corrected chi connectivity index (χ3v) is 16.1. The molecular weight excluding hydrogens is 959 g/mol. The van der Waals surface area contributed by atoms with Crippen LogP contribution in [0.5, 0.6) is 0 Å². The topological polar surface area (TPSA) is 83.8 Å². The number of rotatable bonds is 6. The molecule has 2 unspecified atom stereocenters. The minimum atomic E-state index is -2.92. The van der Waals surface area contributed by atoms with Gasteiger partial charge in [0.05, 0.1) is 0 Å². The van der Waals surface area contributed by atoms with Gasteiger partial charge < -0.3 is 0 Å². The first-order chi connectivity index (χ1) is 34.0. The lowest BCUT2D eigenvalue weighted by atomic mass is 9.68. The van der Waals surface area contributed by atoms with E-state index in [0.29, 0.717) is 0 Å². The van der Waals surface area contributed by atoms with Gasteiger partial charge in [-0.3, -0.25) is 0 Å². The van der Waals surface area contributed by atoms with Gasteiger partial charge in [-0.05, 0) is 153 Å². The van der Waals surface area contributed by atoms with E-state index in [1.165, 1.54) is 110 Å². The van der Waals surface area contributed by atoms with Crippen LogP contribution in [0.3, 0.4) is 0 Å². The maximum Gasteiger partial charge on any atom is 0.745 e. The summed E-state index contributed by atoms with van der Waals surface area (Å²) in [5, 5.41) is 5.45. The molecule has 6 aromatic rings. The Kier molecular flexibility index (Phi) is 16.2. The van der Waals surface area contributed by atoms with Crippen molar-refractivity contribution in [3.05, 3.63) is 162 Å². The van der Waals surface area contributed by atoms with Gasteiger partial charge in [0.25, 0.3) is 0 Å². The zero-order chi connectivity index (χ0) is 56.7. The lowest BCUT2D eigenvalue weighted by Gasteiger charge is -2.35. The third kappa shape index (κ3) is 12.6. The van der Waals surface area contributed by atoms with E-state index in [-0.39, 0.29) is 43.3 Å². The molecule has 1 aliphatic carbocycles. The molecule has 0 radical (unpaired) electrons. The van der Waals surface area contributed by atoms with Crippen molar-refractivity contribution in [3.8, 4) is 44.5 Å². The molecule has 400 valence electrons. The Hall–Kier alpha value is -4.60. The summed E-state index contributed by atoms with van der Waals surface area (Å²) in [6.07, 6.45) is 0. The van der Waals surface area contributed by atoms with Gasteiger partial charge in [0.2, 0.25) is 0 Å². The molecular formula is C68H90O5P2+2. The molecule has 0 spiro atoms. The van der Waals surface area contributed by atoms with Crippen molar-refractivity contribution in [2.75, 3.05) is 0 Å². The average Bonchev–Trinajstić information content (AvgIpc) is 3.24. The van der Waals surface area contributed by atoms with Gasteiger partial charge in [0.1, 0.15) is 0 Å². The molecule has 6 aromatic carbocycles. The molecule has 7 rings (SSSR count). The first-order valence-corrected chi connectivity index (χ1v) is 29.2. The van der Waals surface area contributed by atoms with Crippen LogP contribution >= 0.6 is 16.5 Å². The number of hydrogen-bond donors (Lipinski definition) is 2. The SMILES string of the molecule is CC(C)(C)c1ccc(-c2c(-c3ccc(C(C)(C)C)cc3C(C)(C)C)c(-c3ccc(C(C)(C)C)cc3C(C)(C)C)c3c(c2-c2ccc(C(C)(C)C)cc2C(C)(C)C)=c2ccccc2=3)c(C(C)(C)C)c1.O=[P+](O)O[P+](=O)O. The fourth-order valence-electron chi connectivity index (χ4n) is 10.7. The van der Waals surface area contributed by atoms with Crippen molar-refractivity contribution in [2.24, 2.45) is 0 Å². The highest BCUT2D eigenvalue weighted by atomic mass is 31.2. The van der Waals surface area contributed by atoms with Crippen molar-refractivity contribution in [1.82, 2.24) is 0 Å². The Morgan fingerprint density at radius 3 is 0.693 bits per heavy atom. The Labute approximate surface area is 453 Å². The smallest absolute Gasteiger partial charge is 0.131 e. The maximum absolute atomic E-state index is 9.39. The summed E-state index contributed by atoms with van der Waals surface area (Å²) in [5.41, 5.74) is 21.1. The van der Waals surface area contributed by atoms with E-state index >= 15 is 0 Å². The van der Waals surface area contributed by atoms with Gasteiger partial charge >= 0.3 is 16.5 Å². The summed E-state index contributed by atoms with van der Waals surface area (Å²) in [4.78, 5) is 15.3. The molecule has 1 aliphatic rings. The quantitative estimate of drug-likeness (QED) is 0.162. The minimum Gasteiger partial charge on any atom is -0.131 e. The monoisotopic (exact) mass is 1050 g/mol. The van der Waals surface area contributed by atoms with Crippen molar-refractivity contribution < 1.29 is 23.2 Å². The lowest BCUT2D eigenvalue weighted by Crippen LogP contribution is -2.21. The van der Waals surface area contributed by atoms with E-state index in [1.807, 2.05) is 0 Å². The van der Waals surface area contributed by atoms with Crippen LogP contribution in [0.1, 0.15) is 211 Å². The number of benzene rings is 6. The molecule has 5 nitrogen and oxygen atoms in total. The highest BCUT2D eigenvalue weighted by Gasteiger charge is 2.37. The first-order valence-electron chi connectivity index (χ1n) is 26.9. The second kappa shape index (κ2) is 20.3. The Balaban J connectivity index is 0.00000122. The van der Waals surface area contributed by atoms with Gasteiger partial charge in [0.15, 0.2) is 4.31 Å². The van der Waals surface area contributed by atoms with Crippen LogP contribution in [-0.4, -0.2) is 9.79 Å². The molecule has 0 amide bonds. The molecule has 0 aromatic heterocycles. The molecule has 0 bridgehead atoms. The molecule has 0 fully saturated rings. The standard InChI is InChI=1S/C68H88.O5P2/c1-61(2,3)41-29-33-47(51(37-41)65(13,14)15)57-55-45-27-25-26-28-46(45)56(55)58(48-34-30-42(62(4,5)6)38-52(48)66(16,17)18)60(50-36-32-44(64(10,11)12)40-54(50)68(22,23)24)59(57)49-35-31-43(63(7,8)9)39-53(49)67(19,20)21;1-6(2)5-7(3)4/h25-40H,1-24H3;/p+2. The fourth-order valence-corrected chi connectivity index (χ4v) is 11.2. The predicted octanol–water partition coefficient (Wildman–Crippen LogP) is 19.9. The van der Waals surface area contributed by atoms with Crippen LogP contribution < -0.4 is 0 Å². The Morgan fingerprint density at radius 2 is 0.520 bits per heavy atom. The van der Waals surface area contributed by atoms with Crippen LogP contribution in [0, 0.1) is 20.9 Å². The van der Waals surface area contributed by atoms with Crippen molar-refractivity contribution in [2.45, 2.75) is 209 Å². The summed E-state index contributed by atoms with van der Waals surface area (Å²) in [6.45, 7) is 57.4. The average molecular weight is 1050 g/mol. The summed E-state index contributed by atoms with van der Waals surface area (Å²) in [5.74, 6) is 0. The van der Waals surface area contributed by atoms with Crippen LogP contribution in [-0.2, 0) is 56.8 Å². The van der Waals surface area contributed by atoms with Gasteiger partial charge in [0, 0.05) is 9.13 Å². The Morgan fingerprint density at radius 1 is 0.307 bits per heavy atom. The van der Waals surface area contributed by atoms with E-state index in [2.05, 4.69) is 268 Å². The largest absolute Gasteiger partial charge is 0.745 e. The highest BCUT2D eigenvalue weighted by molar-refractivity contribution is 7.46. The van der Waals surface area contributed by atoms with Crippen molar-refractivity contribution >= 4 is 16.5 Å². The van der Waals surface area contributed by atoms with E-state index < -0.39 is 16.5 Å². The molecule has 0 saturated carbocycles. The minimum absolute atomic E-state index is 0.00475. The third-order valence-electron chi connectivity index (χ3n) is 15.0. The molecule has 0 aliphatic heterocycles. The van der Waals surface area contributed by atoms with Crippen LogP contribution in [0.15, 0.2) is 97.1 Å². The predicted molar refractivity (Wildman–Crippen MR) is 320 cm³/mol. The van der Waals surface area contributed by atoms with Crippen LogP contribution in [0.25, 0.3) is 44.5 Å². The summed E-state index contributed by atoms with van der Waals surface area (Å²) in [6, 6.07) is 39.4. The normalized spacial score (nSPS) is 13.8. The molecule has 7 heteroatoms.